The maximum atomic E-state index is 12.5. The molecule has 0 unspecified atom stereocenters. The van der Waals surface area contributed by atoms with Crippen molar-refractivity contribution in [3.63, 3.8) is 0 Å². The predicted octanol–water partition coefficient (Wildman–Crippen LogP) is 2.23. The lowest BCUT2D eigenvalue weighted by atomic mass is 10.1. The smallest absolute Gasteiger partial charge is 0.321 e. The van der Waals surface area contributed by atoms with Crippen LogP contribution < -0.4 is 20.3 Å². The Morgan fingerprint density at radius 1 is 1.15 bits per heavy atom. The van der Waals surface area contributed by atoms with Crippen molar-refractivity contribution >= 4 is 39.0 Å². The Balaban J connectivity index is 1.69. The van der Waals surface area contributed by atoms with Crippen molar-refractivity contribution < 1.29 is 18.0 Å². The van der Waals surface area contributed by atoms with Gasteiger partial charge in [0.1, 0.15) is 0 Å². The molecule has 0 spiro atoms. The van der Waals surface area contributed by atoms with Gasteiger partial charge in [-0.05, 0) is 49.4 Å². The van der Waals surface area contributed by atoms with Crippen LogP contribution in [0.2, 0.25) is 0 Å². The number of urea groups is 1. The predicted molar refractivity (Wildman–Crippen MR) is 105 cm³/mol. The second-order valence-corrected chi connectivity index (χ2v) is 7.98. The van der Waals surface area contributed by atoms with E-state index in [1.165, 1.54) is 0 Å². The molecule has 1 saturated heterocycles. The topological polar surface area (TPSA) is 108 Å². The summed E-state index contributed by atoms with van der Waals surface area (Å²) >= 11 is 0. The fraction of sp³-hybridized carbons (Fsp3) is 0.222. The van der Waals surface area contributed by atoms with Crippen molar-refractivity contribution in [1.29, 1.82) is 0 Å². The number of hydrogen-bond donors (Lipinski definition) is 3. The first-order chi connectivity index (χ1) is 12.9. The molecular formula is C18H20N4O4S. The number of rotatable bonds is 6. The second-order valence-electron chi connectivity index (χ2n) is 5.97. The number of nitrogens with zero attached hydrogens (tertiary/aromatic N) is 1. The molecular weight excluding hydrogens is 368 g/mol. The molecule has 0 radical (unpaired) electrons. The second kappa shape index (κ2) is 7.67. The molecule has 3 amide bonds. The van der Waals surface area contributed by atoms with Gasteiger partial charge in [-0.1, -0.05) is 6.07 Å². The van der Waals surface area contributed by atoms with Gasteiger partial charge in [-0.15, -0.1) is 0 Å². The van der Waals surface area contributed by atoms with Crippen molar-refractivity contribution in [3.8, 4) is 0 Å². The first kappa shape index (κ1) is 18.7. The van der Waals surface area contributed by atoms with Crippen molar-refractivity contribution in [2.75, 3.05) is 33.8 Å². The van der Waals surface area contributed by atoms with Gasteiger partial charge in [0, 0.05) is 35.7 Å². The van der Waals surface area contributed by atoms with Crippen LogP contribution in [0.25, 0.3) is 0 Å². The van der Waals surface area contributed by atoms with Crippen LogP contribution in [-0.4, -0.2) is 39.2 Å². The highest BCUT2D eigenvalue weighted by molar-refractivity contribution is 7.92. The highest BCUT2D eigenvalue weighted by atomic mass is 32.2. The van der Waals surface area contributed by atoms with E-state index in [2.05, 4.69) is 15.4 Å². The lowest BCUT2D eigenvalue weighted by Crippen LogP contribution is -2.27. The number of carbonyl (C=O) groups is 2. The fourth-order valence-electron chi connectivity index (χ4n) is 2.61. The normalized spacial score (nSPS) is 14.0. The Morgan fingerprint density at radius 2 is 1.85 bits per heavy atom. The van der Waals surface area contributed by atoms with Gasteiger partial charge in [-0.3, -0.25) is 14.4 Å². The molecule has 0 aromatic heterocycles. The molecule has 2 aromatic carbocycles. The molecule has 27 heavy (non-hydrogen) atoms. The van der Waals surface area contributed by atoms with E-state index in [4.69, 9.17) is 0 Å². The third-order valence-electron chi connectivity index (χ3n) is 4.07. The minimum absolute atomic E-state index is 0.0170. The van der Waals surface area contributed by atoms with E-state index in [-0.39, 0.29) is 17.7 Å². The summed E-state index contributed by atoms with van der Waals surface area (Å²) in [6.07, 6.45) is 0. The lowest BCUT2D eigenvalue weighted by molar-refractivity contribution is 0.102. The van der Waals surface area contributed by atoms with Crippen LogP contribution in [0.1, 0.15) is 17.3 Å². The molecule has 8 nitrogen and oxygen atoms in total. The molecule has 142 valence electrons. The van der Waals surface area contributed by atoms with Crippen LogP contribution in [0.3, 0.4) is 0 Å². The highest BCUT2D eigenvalue weighted by Gasteiger charge is 2.21. The Kier molecular flexibility index (Phi) is 5.31. The molecule has 3 N–H and O–H groups in total. The number of benzene rings is 2. The van der Waals surface area contributed by atoms with Gasteiger partial charge < -0.3 is 10.6 Å². The van der Waals surface area contributed by atoms with Gasteiger partial charge >= 0.3 is 6.03 Å². The summed E-state index contributed by atoms with van der Waals surface area (Å²) in [6.45, 7) is 2.68. The van der Waals surface area contributed by atoms with Crippen LogP contribution in [0.15, 0.2) is 48.5 Å². The largest absolute Gasteiger partial charge is 0.336 e. The molecule has 0 atom stereocenters. The zero-order chi connectivity index (χ0) is 19.4. The number of sulfonamides is 1. The quantitative estimate of drug-likeness (QED) is 0.705. The number of amides is 3. The number of hydrogen-bond acceptors (Lipinski definition) is 4. The van der Waals surface area contributed by atoms with Crippen molar-refractivity contribution in [2.45, 2.75) is 6.92 Å². The molecule has 1 heterocycles. The summed E-state index contributed by atoms with van der Waals surface area (Å²) in [5.74, 6) is -0.338. The van der Waals surface area contributed by atoms with E-state index >= 15 is 0 Å². The first-order valence-electron chi connectivity index (χ1n) is 8.45. The van der Waals surface area contributed by atoms with Gasteiger partial charge in [0.2, 0.25) is 10.0 Å². The van der Waals surface area contributed by atoms with Gasteiger partial charge in [0.05, 0.1) is 5.75 Å². The molecule has 2 aromatic rings. The first-order valence-corrected chi connectivity index (χ1v) is 10.1. The minimum Gasteiger partial charge on any atom is -0.336 e. The maximum Gasteiger partial charge on any atom is 0.321 e. The molecule has 1 aliphatic heterocycles. The summed E-state index contributed by atoms with van der Waals surface area (Å²) in [5.41, 5.74) is 2.03. The highest BCUT2D eigenvalue weighted by Crippen LogP contribution is 2.20. The average molecular weight is 388 g/mol. The number of carbonyl (C=O) groups excluding carboxylic acids is 2. The Bertz CT molecular complexity index is 958. The summed E-state index contributed by atoms with van der Waals surface area (Å²) < 4.78 is 25.6. The van der Waals surface area contributed by atoms with Crippen LogP contribution >= 0.6 is 0 Å². The number of nitrogens with one attached hydrogen (secondary N) is 3. The Labute approximate surface area is 157 Å². The van der Waals surface area contributed by atoms with Crippen LogP contribution in [0.5, 0.6) is 0 Å². The zero-order valence-corrected chi connectivity index (χ0v) is 15.5. The third kappa shape index (κ3) is 4.56. The van der Waals surface area contributed by atoms with Gasteiger partial charge in [0.15, 0.2) is 0 Å². The van der Waals surface area contributed by atoms with E-state index < -0.39 is 10.0 Å². The van der Waals surface area contributed by atoms with E-state index in [0.717, 1.165) is 0 Å². The fourth-order valence-corrected chi connectivity index (χ4v) is 3.25. The molecule has 3 rings (SSSR count). The molecule has 0 bridgehead atoms. The third-order valence-corrected chi connectivity index (χ3v) is 5.38. The molecule has 1 fully saturated rings. The monoisotopic (exact) mass is 388 g/mol. The number of anilines is 3. The summed E-state index contributed by atoms with van der Waals surface area (Å²) in [7, 11) is -3.34. The summed E-state index contributed by atoms with van der Waals surface area (Å²) in [4.78, 5) is 25.8. The SMILES string of the molecule is CCS(=O)(=O)Nc1ccc(NC(=O)c2cccc(N3CCNC3=O)c2)cc1. The van der Waals surface area contributed by atoms with Gasteiger partial charge in [-0.25, -0.2) is 13.2 Å². The van der Waals surface area contributed by atoms with Crippen LogP contribution in [-0.2, 0) is 10.0 Å². The van der Waals surface area contributed by atoms with Gasteiger partial charge in [-0.2, -0.15) is 0 Å². The van der Waals surface area contributed by atoms with Crippen LogP contribution in [0, 0.1) is 0 Å². The zero-order valence-electron chi connectivity index (χ0n) is 14.7. The van der Waals surface area contributed by atoms with E-state index in [1.807, 2.05) is 0 Å². The molecule has 9 heteroatoms. The maximum absolute atomic E-state index is 12.5. The van der Waals surface area contributed by atoms with Crippen LogP contribution in [0.4, 0.5) is 21.9 Å². The van der Waals surface area contributed by atoms with E-state index in [9.17, 15) is 18.0 Å². The summed E-state index contributed by atoms with van der Waals surface area (Å²) in [5, 5.41) is 5.48. The summed E-state index contributed by atoms with van der Waals surface area (Å²) in [6, 6.07) is 13.0. The van der Waals surface area contributed by atoms with Gasteiger partial charge in [0.25, 0.3) is 5.91 Å². The minimum atomic E-state index is -3.34. The van der Waals surface area contributed by atoms with Crippen molar-refractivity contribution in [1.82, 2.24) is 5.32 Å². The Hall–Kier alpha value is -3.07. The van der Waals surface area contributed by atoms with E-state index in [0.29, 0.717) is 35.7 Å². The Morgan fingerprint density at radius 3 is 2.48 bits per heavy atom. The average Bonchev–Trinajstić information content (AvgIpc) is 3.09. The van der Waals surface area contributed by atoms with Crippen molar-refractivity contribution in [3.05, 3.63) is 54.1 Å². The molecule has 1 aliphatic rings. The van der Waals surface area contributed by atoms with Crippen molar-refractivity contribution in [2.24, 2.45) is 0 Å². The standard InChI is InChI=1S/C18H20N4O4S/c1-2-27(25,26)21-15-8-6-14(7-9-15)20-17(23)13-4-3-5-16(12-13)22-11-10-19-18(22)24/h3-9,12,21H,2,10-11H2,1H3,(H,19,24)(H,20,23). The lowest BCUT2D eigenvalue weighted by Gasteiger charge is -2.15. The molecule has 0 aliphatic carbocycles. The van der Waals surface area contributed by atoms with E-state index in [1.54, 1.807) is 60.4 Å². The molecule has 0 saturated carbocycles.